The molecule has 1 unspecified atom stereocenters. The predicted octanol–water partition coefficient (Wildman–Crippen LogP) is 6.72. The Bertz CT molecular complexity index is 1390. The highest BCUT2D eigenvalue weighted by Gasteiger charge is 2.18. The number of hydrogen-bond donors (Lipinski definition) is 2. The molecule has 1 aromatic heterocycles. The van der Waals surface area contributed by atoms with E-state index in [4.69, 9.17) is 4.74 Å². The van der Waals surface area contributed by atoms with Crippen LogP contribution in [0.2, 0.25) is 0 Å². The summed E-state index contributed by atoms with van der Waals surface area (Å²) < 4.78 is 7.09. The maximum Gasteiger partial charge on any atom is 0.120 e. The van der Waals surface area contributed by atoms with Gasteiger partial charge in [0.1, 0.15) is 24.4 Å². The van der Waals surface area contributed by atoms with Gasteiger partial charge in [-0.15, -0.1) is 11.3 Å². The first-order chi connectivity index (χ1) is 18.6. The van der Waals surface area contributed by atoms with Crippen LogP contribution in [0.5, 0.6) is 11.5 Å². The second-order valence-corrected chi connectivity index (χ2v) is 11.2. The number of ether oxygens (including phenoxy) is 1. The lowest BCUT2D eigenvalue weighted by Gasteiger charge is -2.20. The van der Waals surface area contributed by atoms with Gasteiger partial charge >= 0.3 is 0 Å². The zero-order valence-corrected chi connectivity index (χ0v) is 23.0. The van der Waals surface area contributed by atoms with E-state index in [9.17, 15) is 9.90 Å². The summed E-state index contributed by atoms with van der Waals surface area (Å²) in [5, 5.41) is 14.5. The largest absolute Gasteiger partial charge is 0.508 e. The number of hydrogen-bond acceptors (Lipinski definition) is 6. The second kappa shape index (κ2) is 12.0. The lowest BCUT2D eigenvalue weighted by atomic mass is 9.97. The zero-order chi connectivity index (χ0) is 26.5. The van der Waals surface area contributed by atoms with Gasteiger partial charge in [0.05, 0.1) is 0 Å². The van der Waals surface area contributed by atoms with Gasteiger partial charge in [-0.3, -0.25) is 0 Å². The monoisotopic (exact) mass is 528 g/mol. The number of fused-ring (bicyclic) bond motifs is 1. The highest BCUT2D eigenvalue weighted by atomic mass is 32.1. The summed E-state index contributed by atoms with van der Waals surface area (Å²) in [5.41, 5.74) is 6.42. The van der Waals surface area contributed by atoms with Crippen molar-refractivity contribution < 1.29 is 14.6 Å². The van der Waals surface area contributed by atoms with Gasteiger partial charge in [0.15, 0.2) is 0 Å². The van der Waals surface area contributed by atoms with Crippen LogP contribution in [-0.4, -0.2) is 44.2 Å². The fraction of sp³-hybridized carbons (Fsp3) is 0.344. The summed E-state index contributed by atoms with van der Waals surface area (Å²) in [4.78, 5) is 14.4. The molecule has 1 saturated heterocycles. The number of aldehydes is 1. The molecule has 198 valence electrons. The van der Waals surface area contributed by atoms with Crippen molar-refractivity contribution in [2.24, 2.45) is 0 Å². The Balaban J connectivity index is 1.40. The standard InChI is InChI=1S/C32H36N2O3S/c1-22-18-23(7-14-30(22)34-15-3-4-16-34)19-29-28-13-10-26(36)20-31(28)38-32(29)24-8-11-27(12-9-24)37-21-25(33-2)6-5-17-35/h7-14,17-18,20,25,33,36H,3-6,15-16,19,21H2,1-2H3. The molecule has 0 bridgehead atoms. The van der Waals surface area contributed by atoms with E-state index in [-0.39, 0.29) is 6.04 Å². The molecule has 0 radical (unpaired) electrons. The highest BCUT2D eigenvalue weighted by Crippen LogP contribution is 2.42. The smallest absolute Gasteiger partial charge is 0.120 e. The molecule has 38 heavy (non-hydrogen) atoms. The molecule has 5 rings (SSSR count). The number of rotatable bonds is 11. The van der Waals surface area contributed by atoms with Crippen LogP contribution in [-0.2, 0) is 11.2 Å². The molecule has 0 spiro atoms. The van der Waals surface area contributed by atoms with Crippen LogP contribution in [0, 0.1) is 6.92 Å². The summed E-state index contributed by atoms with van der Waals surface area (Å²) in [7, 11) is 1.89. The average Bonchev–Trinajstić information content (AvgIpc) is 3.58. The molecule has 0 aliphatic carbocycles. The predicted molar refractivity (Wildman–Crippen MR) is 158 cm³/mol. The van der Waals surface area contributed by atoms with Crippen LogP contribution in [0.15, 0.2) is 60.7 Å². The number of benzene rings is 3. The fourth-order valence-electron chi connectivity index (χ4n) is 5.37. The van der Waals surface area contributed by atoms with Crippen LogP contribution in [0.3, 0.4) is 0 Å². The van der Waals surface area contributed by atoms with Gasteiger partial charge in [-0.1, -0.05) is 12.1 Å². The quantitative estimate of drug-likeness (QED) is 0.212. The van der Waals surface area contributed by atoms with Crippen LogP contribution in [0.1, 0.15) is 42.4 Å². The van der Waals surface area contributed by atoms with Crippen LogP contribution >= 0.6 is 11.3 Å². The topological polar surface area (TPSA) is 61.8 Å². The van der Waals surface area contributed by atoms with Crippen LogP contribution in [0.25, 0.3) is 20.5 Å². The first kappa shape index (κ1) is 26.3. The van der Waals surface area contributed by atoms with E-state index in [2.05, 4.69) is 47.5 Å². The number of aromatic hydroxyl groups is 1. The fourth-order valence-corrected chi connectivity index (χ4v) is 6.63. The van der Waals surface area contributed by atoms with Gasteiger partial charge in [-0.25, -0.2) is 0 Å². The van der Waals surface area contributed by atoms with Gasteiger partial charge in [-0.2, -0.15) is 0 Å². The van der Waals surface area contributed by atoms with Crippen molar-refractivity contribution in [3.8, 4) is 21.9 Å². The molecular formula is C32H36N2O3S. The third-order valence-electron chi connectivity index (χ3n) is 7.47. The Morgan fingerprint density at radius 3 is 2.58 bits per heavy atom. The third-order valence-corrected chi connectivity index (χ3v) is 8.72. The van der Waals surface area contributed by atoms with Crippen molar-refractivity contribution in [2.45, 2.75) is 45.1 Å². The van der Waals surface area contributed by atoms with Gasteiger partial charge in [0, 0.05) is 40.8 Å². The average molecular weight is 529 g/mol. The van der Waals surface area contributed by atoms with E-state index >= 15 is 0 Å². The Labute approximate surface area is 229 Å². The molecule has 0 amide bonds. The Morgan fingerprint density at radius 1 is 1.08 bits per heavy atom. The molecule has 1 atom stereocenters. The molecule has 6 heteroatoms. The van der Waals surface area contributed by atoms with Crippen molar-refractivity contribution in [3.05, 3.63) is 77.4 Å². The van der Waals surface area contributed by atoms with E-state index < -0.39 is 0 Å². The molecule has 2 heterocycles. The summed E-state index contributed by atoms with van der Waals surface area (Å²) in [6.07, 6.45) is 5.62. The molecule has 2 N–H and O–H groups in total. The molecule has 0 saturated carbocycles. The van der Waals surface area contributed by atoms with Crippen molar-refractivity contribution in [1.82, 2.24) is 5.32 Å². The van der Waals surface area contributed by atoms with E-state index in [1.807, 2.05) is 31.3 Å². The Morgan fingerprint density at radius 2 is 1.87 bits per heavy atom. The number of aryl methyl sites for hydroxylation is 1. The van der Waals surface area contributed by atoms with E-state index in [1.165, 1.54) is 45.5 Å². The lowest BCUT2D eigenvalue weighted by Crippen LogP contribution is -2.31. The number of phenols is 1. The third kappa shape index (κ3) is 5.87. The number of likely N-dealkylation sites (N-methyl/N-ethyl adjacent to an activating group) is 1. The number of phenolic OH excluding ortho intramolecular Hbond substituents is 1. The summed E-state index contributed by atoms with van der Waals surface area (Å²) in [5.74, 6) is 1.11. The minimum Gasteiger partial charge on any atom is -0.508 e. The first-order valence-electron chi connectivity index (χ1n) is 13.5. The summed E-state index contributed by atoms with van der Waals surface area (Å²) >= 11 is 1.72. The highest BCUT2D eigenvalue weighted by molar-refractivity contribution is 7.22. The molecule has 1 fully saturated rings. The number of carbonyl (C=O) groups excluding carboxylic acids is 1. The molecule has 1 aliphatic rings. The van der Waals surface area contributed by atoms with Gasteiger partial charge in [-0.05, 0) is 116 Å². The molecular weight excluding hydrogens is 492 g/mol. The van der Waals surface area contributed by atoms with Crippen molar-refractivity contribution in [1.29, 1.82) is 0 Å². The number of nitrogens with zero attached hydrogens (tertiary/aromatic N) is 1. The molecule has 3 aromatic carbocycles. The number of thiophene rings is 1. The summed E-state index contributed by atoms with van der Waals surface area (Å²) in [6, 6.07) is 21.0. The maximum absolute atomic E-state index is 10.7. The van der Waals surface area contributed by atoms with Gasteiger partial charge in [0.25, 0.3) is 0 Å². The van der Waals surface area contributed by atoms with Crippen molar-refractivity contribution in [3.63, 3.8) is 0 Å². The minimum atomic E-state index is 0.141. The number of carbonyl (C=O) groups is 1. The van der Waals surface area contributed by atoms with Crippen LogP contribution in [0.4, 0.5) is 5.69 Å². The maximum atomic E-state index is 10.7. The SMILES string of the molecule is CNC(CCC=O)COc1ccc(-c2sc3cc(O)ccc3c2Cc2ccc(N3CCCC3)c(C)c2)cc1. The Kier molecular flexibility index (Phi) is 8.30. The number of nitrogens with one attached hydrogen (secondary N) is 1. The summed E-state index contributed by atoms with van der Waals surface area (Å²) in [6.45, 7) is 5.04. The van der Waals surface area contributed by atoms with Gasteiger partial charge in [0.2, 0.25) is 0 Å². The molecule has 5 nitrogen and oxygen atoms in total. The van der Waals surface area contributed by atoms with E-state index in [1.54, 1.807) is 17.4 Å². The minimum absolute atomic E-state index is 0.141. The molecule has 4 aromatic rings. The lowest BCUT2D eigenvalue weighted by molar-refractivity contribution is -0.108. The first-order valence-corrected chi connectivity index (χ1v) is 14.3. The van der Waals surface area contributed by atoms with Gasteiger partial charge < -0.3 is 24.9 Å². The van der Waals surface area contributed by atoms with E-state index in [0.29, 0.717) is 18.8 Å². The van der Waals surface area contributed by atoms with Crippen molar-refractivity contribution >= 4 is 33.4 Å². The Hall–Kier alpha value is -3.35. The normalized spacial score (nSPS) is 14.2. The van der Waals surface area contributed by atoms with Crippen molar-refractivity contribution in [2.75, 3.05) is 31.6 Å². The second-order valence-electron chi connectivity index (χ2n) is 10.1. The van der Waals surface area contributed by atoms with Crippen LogP contribution < -0.4 is 15.0 Å². The number of anilines is 1. The van der Waals surface area contributed by atoms with E-state index in [0.717, 1.165) is 48.2 Å². The zero-order valence-electron chi connectivity index (χ0n) is 22.2. The molecule has 1 aliphatic heterocycles.